The summed E-state index contributed by atoms with van der Waals surface area (Å²) in [5, 5.41) is 3.01. The Balaban J connectivity index is 1.67. The summed E-state index contributed by atoms with van der Waals surface area (Å²) < 4.78 is 30.2. The van der Waals surface area contributed by atoms with Gasteiger partial charge in [-0.1, -0.05) is 12.1 Å². The van der Waals surface area contributed by atoms with Crippen molar-refractivity contribution in [2.45, 2.75) is 0 Å². The van der Waals surface area contributed by atoms with Gasteiger partial charge in [-0.3, -0.25) is 9.59 Å². The Morgan fingerprint density at radius 1 is 0.935 bits per heavy atom. The van der Waals surface area contributed by atoms with Gasteiger partial charge in [0.2, 0.25) is 0 Å². The molecule has 156 valence electrons. The lowest BCUT2D eigenvalue weighted by Crippen LogP contribution is -2.12. The van der Waals surface area contributed by atoms with Gasteiger partial charge in [-0.05, 0) is 42.5 Å². The Morgan fingerprint density at radius 3 is 2.32 bits per heavy atom. The fraction of sp³-hybridized carbons (Fsp3) is 0.0833. The van der Waals surface area contributed by atoms with Crippen LogP contribution in [0.1, 0.15) is 10.4 Å². The fourth-order valence-electron chi connectivity index (χ4n) is 3.17. The number of rotatable bonds is 5. The monoisotopic (exact) mass is 419 g/mol. The molecule has 0 saturated carbocycles. The molecule has 0 atom stereocenters. The summed E-state index contributed by atoms with van der Waals surface area (Å²) in [7, 11) is 2.99. The molecule has 0 aliphatic carbocycles. The average Bonchev–Trinajstić information content (AvgIpc) is 2.79. The summed E-state index contributed by atoms with van der Waals surface area (Å²) >= 11 is 0. The SMILES string of the molecule is COc1cc(OC)cc(C(=O)Nc2ccc3oc(-c4ccccc4F)cc(=O)c3c2)c1. The van der Waals surface area contributed by atoms with E-state index in [1.807, 2.05) is 0 Å². The van der Waals surface area contributed by atoms with Gasteiger partial charge in [0.25, 0.3) is 5.91 Å². The average molecular weight is 419 g/mol. The van der Waals surface area contributed by atoms with Gasteiger partial charge in [0, 0.05) is 23.4 Å². The summed E-state index contributed by atoms with van der Waals surface area (Å²) in [5.41, 5.74) is 0.875. The summed E-state index contributed by atoms with van der Waals surface area (Å²) in [6.07, 6.45) is 0. The van der Waals surface area contributed by atoms with Crippen LogP contribution in [-0.4, -0.2) is 20.1 Å². The van der Waals surface area contributed by atoms with Gasteiger partial charge in [0.1, 0.15) is 28.7 Å². The molecule has 7 heteroatoms. The molecule has 4 aromatic rings. The minimum Gasteiger partial charge on any atom is -0.497 e. The van der Waals surface area contributed by atoms with Crippen LogP contribution >= 0.6 is 0 Å². The number of hydrogen-bond donors (Lipinski definition) is 1. The molecule has 0 bridgehead atoms. The lowest BCUT2D eigenvalue weighted by molar-refractivity contribution is 0.102. The highest BCUT2D eigenvalue weighted by Crippen LogP contribution is 2.27. The molecule has 0 aliphatic heterocycles. The Labute approximate surface area is 176 Å². The first kappa shape index (κ1) is 20.2. The molecule has 3 aromatic carbocycles. The molecule has 0 aliphatic rings. The van der Waals surface area contributed by atoms with Gasteiger partial charge in [0.05, 0.1) is 25.2 Å². The number of carbonyl (C=O) groups is 1. The highest BCUT2D eigenvalue weighted by atomic mass is 19.1. The highest BCUT2D eigenvalue weighted by molar-refractivity contribution is 6.05. The van der Waals surface area contributed by atoms with Crippen molar-refractivity contribution in [1.82, 2.24) is 0 Å². The van der Waals surface area contributed by atoms with E-state index in [0.29, 0.717) is 22.7 Å². The van der Waals surface area contributed by atoms with Crippen LogP contribution in [0.4, 0.5) is 10.1 Å². The molecule has 0 saturated heterocycles. The third-order valence-electron chi connectivity index (χ3n) is 4.74. The minimum atomic E-state index is -0.484. The van der Waals surface area contributed by atoms with Gasteiger partial charge >= 0.3 is 0 Å². The second-order valence-electron chi connectivity index (χ2n) is 6.72. The van der Waals surface area contributed by atoms with Gasteiger partial charge in [-0.25, -0.2) is 4.39 Å². The maximum absolute atomic E-state index is 14.1. The second kappa shape index (κ2) is 8.31. The zero-order valence-electron chi connectivity index (χ0n) is 16.8. The van der Waals surface area contributed by atoms with Crippen LogP contribution in [0.25, 0.3) is 22.3 Å². The van der Waals surface area contributed by atoms with E-state index in [1.165, 1.54) is 38.5 Å². The van der Waals surface area contributed by atoms with Gasteiger partial charge < -0.3 is 19.2 Å². The third kappa shape index (κ3) is 4.11. The number of fused-ring (bicyclic) bond motifs is 1. The number of benzene rings is 3. The maximum Gasteiger partial charge on any atom is 0.255 e. The Kier molecular flexibility index (Phi) is 5.41. The number of amides is 1. The predicted molar refractivity (Wildman–Crippen MR) is 115 cm³/mol. The molecule has 4 rings (SSSR count). The van der Waals surface area contributed by atoms with Crippen LogP contribution in [0, 0.1) is 5.82 Å². The number of halogens is 1. The number of methoxy groups -OCH3 is 2. The second-order valence-corrected chi connectivity index (χ2v) is 6.72. The summed E-state index contributed by atoms with van der Waals surface area (Å²) in [4.78, 5) is 25.3. The Bertz CT molecular complexity index is 1320. The Hall–Kier alpha value is -4.13. The van der Waals surface area contributed by atoms with Crippen molar-refractivity contribution < 1.29 is 23.1 Å². The van der Waals surface area contributed by atoms with E-state index in [1.54, 1.807) is 42.5 Å². The quantitative estimate of drug-likeness (QED) is 0.499. The van der Waals surface area contributed by atoms with Crippen LogP contribution in [0.5, 0.6) is 11.5 Å². The highest BCUT2D eigenvalue weighted by Gasteiger charge is 2.13. The summed E-state index contributed by atoms with van der Waals surface area (Å²) in [6, 6.07) is 16.8. The molecule has 0 fully saturated rings. The van der Waals surface area contributed by atoms with Crippen molar-refractivity contribution in [2.24, 2.45) is 0 Å². The fourth-order valence-corrected chi connectivity index (χ4v) is 3.17. The van der Waals surface area contributed by atoms with Crippen molar-refractivity contribution in [2.75, 3.05) is 19.5 Å². The third-order valence-corrected chi connectivity index (χ3v) is 4.74. The summed E-state index contributed by atoms with van der Waals surface area (Å²) in [6.45, 7) is 0. The number of hydrogen-bond acceptors (Lipinski definition) is 5. The molecule has 0 radical (unpaired) electrons. The molecule has 1 amide bonds. The largest absolute Gasteiger partial charge is 0.497 e. The molecule has 1 aromatic heterocycles. The molecule has 0 spiro atoms. The van der Waals surface area contributed by atoms with E-state index in [2.05, 4.69) is 5.32 Å². The minimum absolute atomic E-state index is 0.135. The van der Waals surface area contributed by atoms with Crippen molar-refractivity contribution in [3.63, 3.8) is 0 Å². The topological polar surface area (TPSA) is 77.8 Å². The van der Waals surface area contributed by atoms with Crippen molar-refractivity contribution in [3.05, 3.63) is 88.3 Å². The van der Waals surface area contributed by atoms with Gasteiger partial charge in [-0.2, -0.15) is 0 Å². The first-order chi connectivity index (χ1) is 15.0. The van der Waals surface area contributed by atoms with E-state index < -0.39 is 11.7 Å². The van der Waals surface area contributed by atoms with Crippen molar-refractivity contribution in [1.29, 1.82) is 0 Å². The van der Waals surface area contributed by atoms with E-state index >= 15 is 0 Å². The normalized spacial score (nSPS) is 10.7. The molecule has 6 nitrogen and oxygen atoms in total. The first-order valence-electron chi connectivity index (χ1n) is 9.36. The molecule has 1 N–H and O–H groups in total. The zero-order valence-corrected chi connectivity index (χ0v) is 16.8. The predicted octanol–water partition coefficient (Wildman–Crippen LogP) is 4.87. The smallest absolute Gasteiger partial charge is 0.255 e. The molecule has 1 heterocycles. The number of nitrogens with one attached hydrogen (secondary N) is 1. The number of anilines is 1. The van der Waals surface area contributed by atoms with E-state index in [-0.39, 0.29) is 27.7 Å². The van der Waals surface area contributed by atoms with Crippen LogP contribution in [0.15, 0.2) is 75.9 Å². The van der Waals surface area contributed by atoms with Crippen LogP contribution < -0.4 is 20.2 Å². The number of carbonyl (C=O) groups excluding carboxylic acids is 1. The number of ether oxygens (including phenoxy) is 2. The van der Waals surface area contributed by atoms with E-state index in [0.717, 1.165) is 0 Å². The first-order valence-corrected chi connectivity index (χ1v) is 9.36. The van der Waals surface area contributed by atoms with E-state index in [4.69, 9.17) is 13.9 Å². The standard InChI is InChI=1S/C24H18FNO5/c1-29-16-9-14(10-17(12-16)30-2)24(28)26-15-7-8-22-19(11-15)21(27)13-23(31-22)18-5-3-4-6-20(18)25/h3-13H,1-2H3,(H,26,28). The van der Waals surface area contributed by atoms with Crippen molar-refractivity contribution >= 4 is 22.6 Å². The molecular weight excluding hydrogens is 401 g/mol. The zero-order chi connectivity index (χ0) is 22.0. The molecular formula is C24H18FNO5. The van der Waals surface area contributed by atoms with Gasteiger partial charge in [-0.15, -0.1) is 0 Å². The van der Waals surface area contributed by atoms with Crippen LogP contribution in [-0.2, 0) is 0 Å². The van der Waals surface area contributed by atoms with Crippen LogP contribution in [0.3, 0.4) is 0 Å². The van der Waals surface area contributed by atoms with Crippen LogP contribution in [0.2, 0.25) is 0 Å². The maximum atomic E-state index is 14.1. The molecule has 0 unspecified atom stereocenters. The molecule has 31 heavy (non-hydrogen) atoms. The Morgan fingerprint density at radius 2 is 1.65 bits per heavy atom. The van der Waals surface area contributed by atoms with E-state index in [9.17, 15) is 14.0 Å². The summed E-state index contributed by atoms with van der Waals surface area (Å²) in [5.74, 6) is 0.205. The van der Waals surface area contributed by atoms with Crippen molar-refractivity contribution in [3.8, 4) is 22.8 Å². The lowest BCUT2D eigenvalue weighted by Gasteiger charge is -2.10. The van der Waals surface area contributed by atoms with Gasteiger partial charge in [0.15, 0.2) is 5.43 Å². The lowest BCUT2D eigenvalue weighted by atomic mass is 10.1.